The number of carbonyl (C=O) groups is 3. The van der Waals surface area contributed by atoms with E-state index in [-0.39, 0.29) is 17.2 Å². The van der Waals surface area contributed by atoms with Gasteiger partial charge >= 0.3 is 6.03 Å². The van der Waals surface area contributed by atoms with Crippen molar-refractivity contribution in [2.24, 2.45) is 0 Å². The summed E-state index contributed by atoms with van der Waals surface area (Å²) in [6.07, 6.45) is 1.37. The smallest absolute Gasteiger partial charge is 0.335 e. The molecule has 5 rings (SSSR count). The highest BCUT2D eigenvalue weighted by Crippen LogP contribution is 2.38. The van der Waals surface area contributed by atoms with Crippen LogP contribution < -0.4 is 19.7 Å². The third-order valence-electron chi connectivity index (χ3n) is 6.32. The maximum Gasteiger partial charge on any atom is 0.335 e. The molecule has 1 saturated heterocycles. The van der Waals surface area contributed by atoms with Gasteiger partial charge in [-0.1, -0.05) is 70.0 Å². The van der Waals surface area contributed by atoms with Crippen LogP contribution in [-0.4, -0.2) is 25.0 Å². The highest BCUT2D eigenvalue weighted by molar-refractivity contribution is 9.10. The summed E-state index contributed by atoms with van der Waals surface area (Å²) in [6.45, 7) is 2.02. The van der Waals surface area contributed by atoms with Crippen molar-refractivity contribution >= 4 is 67.9 Å². The SMILES string of the molecule is COc1cc(/C=C2/C(=O)NC(=O)N(c3ccc(Br)cc3C)C2=O)cc(Cl)c1OCc1cccc2ccccc12. The van der Waals surface area contributed by atoms with E-state index >= 15 is 0 Å². The molecule has 0 unspecified atom stereocenters. The number of anilines is 1. The number of hydrogen-bond donors (Lipinski definition) is 1. The van der Waals surface area contributed by atoms with E-state index in [0.717, 1.165) is 25.7 Å². The fourth-order valence-corrected chi connectivity index (χ4v) is 5.19. The summed E-state index contributed by atoms with van der Waals surface area (Å²) in [5.74, 6) is -0.895. The van der Waals surface area contributed by atoms with Crippen LogP contribution in [0.2, 0.25) is 5.02 Å². The Kier molecular flexibility index (Phi) is 7.41. The summed E-state index contributed by atoms with van der Waals surface area (Å²) in [5.41, 5.74) is 2.23. The summed E-state index contributed by atoms with van der Waals surface area (Å²) < 4.78 is 12.4. The normalized spacial score (nSPS) is 14.6. The van der Waals surface area contributed by atoms with Gasteiger partial charge in [-0.2, -0.15) is 0 Å². The predicted molar refractivity (Wildman–Crippen MR) is 154 cm³/mol. The van der Waals surface area contributed by atoms with Crippen LogP contribution in [0.3, 0.4) is 0 Å². The molecule has 4 amide bonds. The number of nitrogens with zero attached hydrogens (tertiary/aromatic N) is 1. The minimum Gasteiger partial charge on any atom is -0.493 e. The van der Waals surface area contributed by atoms with Gasteiger partial charge in [0, 0.05) is 4.47 Å². The molecule has 0 bridgehead atoms. The first-order valence-electron chi connectivity index (χ1n) is 11.9. The van der Waals surface area contributed by atoms with Gasteiger partial charge in [-0.05, 0) is 70.8 Å². The average molecular weight is 606 g/mol. The molecule has 0 atom stereocenters. The second-order valence-corrected chi connectivity index (χ2v) is 10.2. The van der Waals surface area contributed by atoms with E-state index < -0.39 is 17.8 Å². The van der Waals surface area contributed by atoms with Crippen molar-refractivity contribution in [2.45, 2.75) is 13.5 Å². The summed E-state index contributed by atoms with van der Waals surface area (Å²) in [5, 5.41) is 4.64. The monoisotopic (exact) mass is 604 g/mol. The number of fused-ring (bicyclic) bond motifs is 1. The predicted octanol–water partition coefficient (Wildman–Crippen LogP) is 6.82. The van der Waals surface area contributed by atoms with Crippen molar-refractivity contribution in [3.8, 4) is 11.5 Å². The van der Waals surface area contributed by atoms with Gasteiger partial charge in [-0.3, -0.25) is 14.9 Å². The number of urea groups is 1. The Labute approximate surface area is 238 Å². The highest BCUT2D eigenvalue weighted by atomic mass is 79.9. The summed E-state index contributed by atoms with van der Waals surface area (Å²) in [6, 6.07) is 21.5. The molecule has 39 heavy (non-hydrogen) atoms. The van der Waals surface area contributed by atoms with E-state index in [2.05, 4.69) is 21.2 Å². The quantitative estimate of drug-likeness (QED) is 0.193. The lowest BCUT2D eigenvalue weighted by Gasteiger charge is -2.27. The van der Waals surface area contributed by atoms with E-state index in [1.54, 1.807) is 37.3 Å². The lowest BCUT2D eigenvalue weighted by atomic mass is 10.0. The lowest BCUT2D eigenvalue weighted by molar-refractivity contribution is -0.122. The number of ether oxygens (including phenoxy) is 2. The minimum absolute atomic E-state index is 0.223. The fraction of sp³-hybridized carbons (Fsp3) is 0.100. The Hall–Kier alpha value is -4.14. The van der Waals surface area contributed by atoms with Crippen molar-refractivity contribution in [3.63, 3.8) is 0 Å². The van der Waals surface area contributed by atoms with Gasteiger partial charge in [0.2, 0.25) is 0 Å². The Bertz CT molecular complexity index is 1680. The highest BCUT2D eigenvalue weighted by Gasteiger charge is 2.37. The zero-order valence-electron chi connectivity index (χ0n) is 21.0. The number of nitrogens with one attached hydrogen (secondary N) is 1. The third kappa shape index (κ3) is 5.26. The number of barbiturate groups is 1. The van der Waals surface area contributed by atoms with Crippen LogP contribution in [-0.2, 0) is 16.2 Å². The van der Waals surface area contributed by atoms with Crippen LogP contribution in [0, 0.1) is 6.92 Å². The molecular weight excluding hydrogens is 584 g/mol. The zero-order valence-corrected chi connectivity index (χ0v) is 23.3. The van der Waals surface area contributed by atoms with E-state index in [0.29, 0.717) is 28.3 Å². The number of carbonyl (C=O) groups excluding carboxylic acids is 3. The van der Waals surface area contributed by atoms with E-state index in [4.69, 9.17) is 21.1 Å². The Balaban J connectivity index is 1.45. The van der Waals surface area contributed by atoms with Crippen molar-refractivity contribution < 1.29 is 23.9 Å². The average Bonchev–Trinajstić information content (AvgIpc) is 2.91. The number of benzene rings is 4. The van der Waals surface area contributed by atoms with Gasteiger partial charge in [0.1, 0.15) is 12.2 Å². The van der Waals surface area contributed by atoms with Crippen LogP contribution in [0.5, 0.6) is 11.5 Å². The number of methoxy groups -OCH3 is 1. The fourth-order valence-electron chi connectivity index (χ4n) is 4.44. The van der Waals surface area contributed by atoms with Crippen LogP contribution in [0.4, 0.5) is 10.5 Å². The van der Waals surface area contributed by atoms with E-state index in [1.165, 1.54) is 13.2 Å². The number of imide groups is 2. The standard InChI is InChI=1S/C30H22BrClN2O5/c1-17-12-21(31)10-11-25(17)34-29(36)23(28(35)33-30(34)37)13-18-14-24(32)27(26(15-18)38-2)39-16-20-8-5-7-19-6-3-4-9-22(19)20/h3-15H,16H2,1-2H3,(H,33,35,37)/b23-13-. The molecule has 0 aromatic heterocycles. The van der Waals surface area contributed by atoms with Gasteiger partial charge in [-0.15, -0.1) is 0 Å². The molecule has 4 aromatic rings. The first-order valence-corrected chi connectivity index (χ1v) is 13.1. The Morgan fingerprint density at radius 3 is 2.54 bits per heavy atom. The molecule has 1 N–H and O–H groups in total. The molecule has 1 aliphatic rings. The summed E-state index contributed by atoms with van der Waals surface area (Å²) in [4.78, 5) is 39.5. The van der Waals surface area contributed by atoms with E-state index in [1.807, 2.05) is 42.5 Å². The molecule has 0 spiro atoms. The lowest BCUT2D eigenvalue weighted by Crippen LogP contribution is -2.54. The minimum atomic E-state index is -0.819. The van der Waals surface area contributed by atoms with Crippen LogP contribution >= 0.6 is 27.5 Å². The Morgan fingerprint density at radius 2 is 1.77 bits per heavy atom. The Morgan fingerprint density at radius 1 is 1.00 bits per heavy atom. The van der Waals surface area contributed by atoms with Crippen LogP contribution in [0.25, 0.3) is 16.8 Å². The molecule has 0 aliphatic carbocycles. The molecule has 196 valence electrons. The van der Waals surface area contributed by atoms with Crippen molar-refractivity contribution in [2.75, 3.05) is 12.0 Å². The molecule has 0 radical (unpaired) electrons. The van der Waals surface area contributed by atoms with Gasteiger partial charge in [0.15, 0.2) is 11.5 Å². The van der Waals surface area contributed by atoms with Gasteiger partial charge in [0.05, 0.1) is 17.8 Å². The number of hydrogen-bond acceptors (Lipinski definition) is 5. The van der Waals surface area contributed by atoms with Crippen LogP contribution in [0.1, 0.15) is 16.7 Å². The van der Waals surface area contributed by atoms with Gasteiger partial charge in [0.25, 0.3) is 11.8 Å². The largest absolute Gasteiger partial charge is 0.493 e. The molecule has 9 heteroatoms. The molecule has 0 saturated carbocycles. The first-order chi connectivity index (χ1) is 18.8. The molecule has 7 nitrogen and oxygen atoms in total. The summed E-state index contributed by atoms with van der Waals surface area (Å²) >= 11 is 9.96. The molecule has 1 fully saturated rings. The first kappa shape index (κ1) is 26.5. The second kappa shape index (κ2) is 10.9. The van der Waals surface area contributed by atoms with Crippen molar-refractivity contribution in [3.05, 3.63) is 105 Å². The number of aryl methyl sites for hydroxylation is 1. The zero-order chi connectivity index (χ0) is 27.7. The maximum atomic E-state index is 13.3. The second-order valence-electron chi connectivity index (χ2n) is 8.85. The molecule has 4 aromatic carbocycles. The summed E-state index contributed by atoms with van der Waals surface area (Å²) in [7, 11) is 1.47. The topological polar surface area (TPSA) is 84.9 Å². The number of amides is 4. The van der Waals surface area contributed by atoms with Crippen LogP contribution in [0.15, 0.2) is 82.8 Å². The molecule has 1 heterocycles. The number of rotatable bonds is 6. The van der Waals surface area contributed by atoms with Crippen molar-refractivity contribution in [1.82, 2.24) is 5.32 Å². The molecule has 1 aliphatic heterocycles. The molecular formula is C30H22BrClN2O5. The van der Waals surface area contributed by atoms with Gasteiger partial charge < -0.3 is 9.47 Å². The number of halogens is 2. The van der Waals surface area contributed by atoms with Crippen molar-refractivity contribution in [1.29, 1.82) is 0 Å². The van der Waals surface area contributed by atoms with Gasteiger partial charge in [-0.25, -0.2) is 9.69 Å². The maximum absolute atomic E-state index is 13.3. The van der Waals surface area contributed by atoms with E-state index in [9.17, 15) is 14.4 Å². The third-order valence-corrected chi connectivity index (χ3v) is 7.09.